The summed E-state index contributed by atoms with van der Waals surface area (Å²) in [5.74, 6) is -0.605. The van der Waals surface area contributed by atoms with E-state index >= 15 is 0 Å². The molecule has 2 aromatic carbocycles. The molecule has 28 heavy (non-hydrogen) atoms. The zero-order chi connectivity index (χ0) is 19.9. The summed E-state index contributed by atoms with van der Waals surface area (Å²) in [5, 5.41) is 4.86. The highest BCUT2D eigenvalue weighted by Gasteiger charge is 2.29. The van der Waals surface area contributed by atoms with Gasteiger partial charge in [-0.2, -0.15) is 0 Å². The number of para-hydroxylation sites is 2. The van der Waals surface area contributed by atoms with E-state index in [0.29, 0.717) is 5.75 Å². The number of nitrogens with one attached hydrogen (secondary N) is 2. The Morgan fingerprint density at radius 3 is 2.71 bits per heavy atom. The summed E-state index contributed by atoms with van der Waals surface area (Å²) < 4.78 is 10.2. The van der Waals surface area contributed by atoms with E-state index in [-0.39, 0.29) is 18.9 Å². The van der Waals surface area contributed by atoms with Crippen molar-refractivity contribution in [3.63, 3.8) is 0 Å². The molecule has 0 saturated carbocycles. The van der Waals surface area contributed by atoms with Gasteiger partial charge in [0.1, 0.15) is 5.75 Å². The van der Waals surface area contributed by atoms with Crippen molar-refractivity contribution in [2.75, 3.05) is 19.0 Å². The van der Waals surface area contributed by atoms with Crippen molar-refractivity contribution in [2.45, 2.75) is 23.1 Å². The lowest BCUT2D eigenvalue weighted by Gasteiger charge is -2.23. The van der Waals surface area contributed by atoms with Gasteiger partial charge in [0.15, 0.2) is 6.61 Å². The summed E-state index contributed by atoms with van der Waals surface area (Å²) >= 11 is 1.31. The van der Waals surface area contributed by atoms with Crippen LogP contribution in [0.1, 0.15) is 12.0 Å². The smallest absolute Gasteiger partial charge is 0.307 e. The molecule has 3 rings (SSSR count). The number of esters is 1. The Labute approximate surface area is 166 Å². The minimum atomic E-state index is -0.598. The van der Waals surface area contributed by atoms with Crippen LogP contribution in [0.5, 0.6) is 5.75 Å². The predicted molar refractivity (Wildman–Crippen MR) is 105 cm³/mol. The number of rotatable bonds is 7. The Morgan fingerprint density at radius 2 is 1.89 bits per heavy atom. The SMILES string of the molecule is COc1ccccc1CNC(=O)COC(=O)CC1Sc2ccccc2NC1=O. The summed E-state index contributed by atoms with van der Waals surface area (Å²) in [6, 6.07) is 14.7. The van der Waals surface area contributed by atoms with Crippen LogP contribution in [-0.4, -0.2) is 36.8 Å². The van der Waals surface area contributed by atoms with Crippen LogP contribution in [0.25, 0.3) is 0 Å². The molecule has 0 aromatic heterocycles. The summed E-state index contributed by atoms with van der Waals surface area (Å²) in [6.07, 6.45) is -0.107. The second kappa shape index (κ2) is 9.27. The van der Waals surface area contributed by atoms with Gasteiger partial charge < -0.3 is 20.1 Å². The summed E-state index contributed by atoms with van der Waals surface area (Å²) in [5.41, 5.74) is 1.55. The maximum Gasteiger partial charge on any atom is 0.307 e. The third-order valence-corrected chi connectivity index (χ3v) is 5.37. The van der Waals surface area contributed by atoms with Crippen LogP contribution in [0.3, 0.4) is 0 Å². The fraction of sp³-hybridized carbons (Fsp3) is 0.250. The lowest BCUT2D eigenvalue weighted by Crippen LogP contribution is -2.33. The normalized spacial score (nSPS) is 15.2. The molecule has 146 valence electrons. The second-order valence-corrected chi connectivity index (χ2v) is 7.29. The van der Waals surface area contributed by atoms with Gasteiger partial charge in [0.05, 0.1) is 24.5 Å². The van der Waals surface area contributed by atoms with Gasteiger partial charge in [-0.15, -0.1) is 11.8 Å². The van der Waals surface area contributed by atoms with Gasteiger partial charge in [0.2, 0.25) is 5.91 Å². The molecule has 1 atom stereocenters. The molecule has 7 nitrogen and oxygen atoms in total. The third-order valence-electron chi connectivity index (χ3n) is 4.09. The van der Waals surface area contributed by atoms with E-state index in [1.54, 1.807) is 19.2 Å². The average Bonchev–Trinajstić information content (AvgIpc) is 2.71. The van der Waals surface area contributed by atoms with Gasteiger partial charge in [-0.05, 0) is 18.2 Å². The van der Waals surface area contributed by atoms with Crippen molar-refractivity contribution in [3.05, 3.63) is 54.1 Å². The summed E-state index contributed by atoms with van der Waals surface area (Å²) in [6.45, 7) is -0.137. The molecular formula is C20H20N2O5S. The average molecular weight is 400 g/mol. The molecule has 8 heteroatoms. The van der Waals surface area contributed by atoms with Crippen LogP contribution in [0.2, 0.25) is 0 Å². The number of ether oxygens (including phenoxy) is 2. The minimum absolute atomic E-state index is 0.107. The minimum Gasteiger partial charge on any atom is -0.496 e. The summed E-state index contributed by atoms with van der Waals surface area (Å²) in [4.78, 5) is 37.0. The number of carbonyl (C=O) groups excluding carboxylic acids is 3. The summed E-state index contributed by atoms with van der Waals surface area (Å²) in [7, 11) is 1.56. The molecule has 1 aliphatic rings. The number of hydrogen-bond donors (Lipinski definition) is 2. The highest BCUT2D eigenvalue weighted by Crippen LogP contribution is 2.36. The van der Waals surface area contributed by atoms with Gasteiger partial charge in [-0.1, -0.05) is 30.3 Å². The fourth-order valence-electron chi connectivity index (χ4n) is 2.68. The van der Waals surface area contributed by atoms with E-state index in [1.807, 2.05) is 36.4 Å². The van der Waals surface area contributed by atoms with Crippen LogP contribution in [0.4, 0.5) is 5.69 Å². The van der Waals surface area contributed by atoms with Crippen molar-refractivity contribution in [1.82, 2.24) is 5.32 Å². The quantitative estimate of drug-likeness (QED) is 0.693. The molecule has 0 bridgehead atoms. The zero-order valence-corrected chi connectivity index (χ0v) is 16.1. The maximum atomic E-state index is 12.1. The first kappa shape index (κ1) is 19.8. The highest BCUT2D eigenvalue weighted by atomic mass is 32.2. The van der Waals surface area contributed by atoms with Crippen LogP contribution < -0.4 is 15.4 Å². The number of hydrogen-bond acceptors (Lipinski definition) is 6. The van der Waals surface area contributed by atoms with E-state index in [2.05, 4.69) is 10.6 Å². The number of fused-ring (bicyclic) bond motifs is 1. The Balaban J connectivity index is 1.44. The molecule has 0 spiro atoms. The highest BCUT2D eigenvalue weighted by molar-refractivity contribution is 8.01. The fourth-order valence-corrected chi connectivity index (χ4v) is 3.77. The van der Waals surface area contributed by atoms with Gasteiger partial charge >= 0.3 is 5.97 Å². The van der Waals surface area contributed by atoms with Crippen molar-refractivity contribution in [1.29, 1.82) is 0 Å². The molecule has 1 aliphatic heterocycles. The van der Waals surface area contributed by atoms with E-state index in [1.165, 1.54) is 11.8 Å². The Morgan fingerprint density at radius 1 is 1.14 bits per heavy atom. The van der Waals surface area contributed by atoms with Crippen LogP contribution in [0.15, 0.2) is 53.4 Å². The topological polar surface area (TPSA) is 93.7 Å². The maximum absolute atomic E-state index is 12.1. The van der Waals surface area contributed by atoms with Gasteiger partial charge in [-0.25, -0.2) is 0 Å². The second-order valence-electron chi connectivity index (χ2n) is 6.05. The number of amides is 2. The standard InChI is InChI=1S/C20H20N2O5S/c1-26-15-8-4-2-6-13(15)11-21-18(23)12-27-19(24)10-17-20(25)22-14-7-3-5-9-16(14)28-17/h2-9,17H,10-12H2,1H3,(H,21,23)(H,22,25). The zero-order valence-electron chi connectivity index (χ0n) is 15.3. The van der Waals surface area contributed by atoms with Crippen LogP contribution >= 0.6 is 11.8 Å². The number of benzene rings is 2. The number of anilines is 1. The Hall–Kier alpha value is -3.00. The molecule has 2 N–H and O–H groups in total. The van der Waals surface area contributed by atoms with E-state index in [9.17, 15) is 14.4 Å². The monoisotopic (exact) mass is 400 g/mol. The molecule has 0 radical (unpaired) electrons. The van der Waals surface area contributed by atoms with E-state index < -0.39 is 23.7 Å². The number of methoxy groups -OCH3 is 1. The molecule has 1 heterocycles. The van der Waals surface area contributed by atoms with Crippen LogP contribution in [-0.2, 0) is 25.7 Å². The molecule has 0 saturated heterocycles. The van der Waals surface area contributed by atoms with Crippen molar-refractivity contribution >= 4 is 35.2 Å². The number of thioether (sulfide) groups is 1. The third kappa shape index (κ3) is 5.04. The van der Waals surface area contributed by atoms with Crippen molar-refractivity contribution < 1.29 is 23.9 Å². The lowest BCUT2D eigenvalue weighted by molar-refractivity contribution is -0.149. The molecule has 2 amide bonds. The van der Waals surface area contributed by atoms with Gasteiger partial charge in [-0.3, -0.25) is 14.4 Å². The van der Waals surface area contributed by atoms with Gasteiger partial charge in [0, 0.05) is 17.0 Å². The lowest BCUT2D eigenvalue weighted by atomic mass is 10.2. The largest absolute Gasteiger partial charge is 0.496 e. The molecule has 1 unspecified atom stereocenters. The molecule has 2 aromatic rings. The van der Waals surface area contributed by atoms with Crippen LogP contribution in [0, 0.1) is 0 Å². The Kier molecular flexibility index (Phi) is 6.54. The van der Waals surface area contributed by atoms with E-state index in [0.717, 1.165) is 16.1 Å². The molecular weight excluding hydrogens is 380 g/mol. The Bertz CT molecular complexity index is 886. The first-order valence-corrected chi connectivity index (χ1v) is 9.55. The van der Waals surface area contributed by atoms with E-state index in [4.69, 9.17) is 9.47 Å². The molecule has 0 aliphatic carbocycles. The molecule has 0 fully saturated rings. The first-order chi connectivity index (χ1) is 13.6. The van der Waals surface area contributed by atoms with Crippen molar-refractivity contribution in [2.24, 2.45) is 0 Å². The predicted octanol–water partition coefficient (Wildman–Crippen LogP) is 2.36. The first-order valence-electron chi connectivity index (χ1n) is 8.67. The van der Waals surface area contributed by atoms with Crippen molar-refractivity contribution in [3.8, 4) is 5.75 Å². The van der Waals surface area contributed by atoms with Gasteiger partial charge in [0.25, 0.3) is 5.91 Å². The number of carbonyl (C=O) groups is 3.